The lowest BCUT2D eigenvalue weighted by molar-refractivity contribution is 0.0176. The van der Waals surface area contributed by atoms with Crippen molar-refractivity contribution in [2.75, 3.05) is 7.11 Å². The van der Waals surface area contributed by atoms with Crippen molar-refractivity contribution in [3.8, 4) is 0 Å². The lowest BCUT2D eigenvalue weighted by Crippen LogP contribution is -2.47. The van der Waals surface area contributed by atoms with E-state index in [0.717, 1.165) is 21.8 Å². The Morgan fingerprint density at radius 2 is 1.88 bits per heavy atom. The van der Waals surface area contributed by atoms with Crippen LogP contribution in [0.25, 0.3) is 0 Å². The zero-order valence-electron chi connectivity index (χ0n) is 9.37. The van der Waals surface area contributed by atoms with E-state index in [1.54, 1.807) is 7.11 Å². The molecule has 0 atom stereocenters. The minimum absolute atomic E-state index is 0.0356. The first kappa shape index (κ1) is 13.1. The van der Waals surface area contributed by atoms with Crippen LogP contribution in [0.4, 0.5) is 0 Å². The molecule has 0 radical (unpaired) electrons. The second-order valence-corrected chi connectivity index (χ2v) is 5.99. The van der Waals surface area contributed by atoms with Crippen LogP contribution in [0.2, 0.25) is 0 Å². The van der Waals surface area contributed by atoms with Crippen LogP contribution in [0.1, 0.15) is 23.2 Å². The third-order valence-corrected chi connectivity index (χ3v) is 3.80. The van der Waals surface area contributed by atoms with Crippen molar-refractivity contribution < 1.29 is 9.53 Å². The molecule has 0 aromatic heterocycles. The second-order valence-electron chi connectivity index (χ2n) is 4.16. The quantitative estimate of drug-likeness (QED) is 0.897. The van der Waals surface area contributed by atoms with Crippen LogP contribution in [0.15, 0.2) is 27.1 Å². The monoisotopic (exact) mass is 361 g/mol. The number of hydrogen-bond acceptors (Lipinski definition) is 2. The highest BCUT2D eigenvalue weighted by molar-refractivity contribution is 9.11. The van der Waals surface area contributed by atoms with Gasteiger partial charge >= 0.3 is 0 Å². The number of nitrogens with one attached hydrogen (secondary N) is 1. The minimum Gasteiger partial charge on any atom is -0.381 e. The van der Waals surface area contributed by atoms with E-state index in [2.05, 4.69) is 37.2 Å². The van der Waals surface area contributed by atoms with Crippen LogP contribution in [0.5, 0.6) is 0 Å². The first-order chi connectivity index (χ1) is 8.08. The molecule has 1 aromatic carbocycles. The molecule has 0 heterocycles. The van der Waals surface area contributed by atoms with Gasteiger partial charge in [0.1, 0.15) is 0 Å². The van der Waals surface area contributed by atoms with Crippen molar-refractivity contribution in [1.29, 1.82) is 0 Å². The maximum absolute atomic E-state index is 12.0. The van der Waals surface area contributed by atoms with E-state index >= 15 is 0 Å². The normalized spacial score (nSPS) is 23.0. The van der Waals surface area contributed by atoms with Crippen molar-refractivity contribution in [3.05, 3.63) is 32.7 Å². The first-order valence-electron chi connectivity index (χ1n) is 5.38. The van der Waals surface area contributed by atoms with Gasteiger partial charge in [-0.2, -0.15) is 0 Å². The molecule has 0 aliphatic heterocycles. The Bertz CT molecular complexity index is 410. The Kier molecular flexibility index (Phi) is 4.22. The predicted molar refractivity (Wildman–Crippen MR) is 73.1 cm³/mol. The summed E-state index contributed by atoms with van der Waals surface area (Å²) in [6, 6.07) is 5.77. The third kappa shape index (κ3) is 3.30. The van der Waals surface area contributed by atoms with Gasteiger partial charge in [-0.3, -0.25) is 4.79 Å². The van der Waals surface area contributed by atoms with Crippen molar-refractivity contribution in [1.82, 2.24) is 5.32 Å². The summed E-state index contributed by atoms with van der Waals surface area (Å²) in [5.74, 6) is -0.0356. The standard InChI is InChI=1S/C12H13Br2NO2/c1-17-11-5-10(6-11)15-12(16)7-2-8(13)4-9(14)3-7/h2-4,10-11H,5-6H2,1H3,(H,15,16). The molecule has 1 aliphatic carbocycles. The van der Waals surface area contributed by atoms with Crippen LogP contribution in [-0.2, 0) is 4.74 Å². The Labute approximate surface area is 117 Å². The largest absolute Gasteiger partial charge is 0.381 e. The molecule has 17 heavy (non-hydrogen) atoms. The van der Waals surface area contributed by atoms with Gasteiger partial charge in [0.15, 0.2) is 0 Å². The third-order valence-electron chi connectivity index (χ3n) is 2.89. The molecule has 92 valence electrons. The van der Waals surface area contributed by atoms with Crippen molar-refractivity contribution in [2.24, 2.45) is 0 Å². The number of benzene rings is 1. The average molecular weight is 363 g/mol. The van der Waals surface area contributed by atoms with Crippen molar-refractivity contribution >= 4 is 37.8 Å². The summed E-state index contributed by atoms with van der Waals surface area (Å²) in [6.07, 6.45) is 2.10. The van der Waals surface area contributed by atoms with Crippen LogP contribution < -0.4 is 5.32 Å². The van der Waals surface area contributed by atoms with E-state index in [0.29, 0.717) is 11.7 Å². The van der Waals surface area contributed by atoms with Gasteiger partial charge in [-0.1, -0.05) is 31.9 Å². The van der Waals surface area contributed by atoms with Crippen LogP contribution in [0, 0.1) is 0 Å². The molecule has 5 heteroatoms. The number of carbonyl (C=O) groups excluding carboxylic acids is 1. The molecule has 0 bridgehead atoms. The number of ether oxygens (including phenoxy) is 1. The molecule has 1 fully saturated rings. The van der Waals surface area contributed by atoms with E-state index in [9.17, 15) is 4.79 Å². The summed E-state index contributed by atoms with van der Waals surface area (Å²) >= 11 is 6.74. The highest BCUT2D eigenvalue weighted by atomic mass is 79.9. The highest BCUT2D eigenvalue weighted by Crippen LogP contribution is 2.24. The molecule has 1 aromatic rings. The van der Waals surface area contributed by atoms with Crippen LogP contribution in [-0.4, -0.2) is 25.2 Å². The molecule has 1 saturated carbocycles. The van der Waals surface area contributed by atoms with E-state index in [4.69, 9.17) is 4.74 Å². The van der Waals surface area contributed by atoms with Gasteiger partial charge in [0.2, 0.25) is 0 Å². The molecule has 0 spiro atoms. The maximum Gasteiger partial charge on any atom is 0.251 e. The fourth-order valence-corrected chi connectivity index (χ4v) is 3.12. The molecule has 3 nitrogen and oxygen atoms in total. The number of amides is 1. The van der Waals surface area contributed by atoms with E-state index in [1.807, 2.05) is 18.2 Å². The molecular formula is C12H13Br2NO2. The number of hydrogen-bond donors (Lipinski definition) is 1. The van der Waals surface area contributed by atoms with Gasteiger partial charge in [-0.05, 0) is 31.0 Å². The Hall–Kier alpha value is -0.390. The lowest BCUT2D eigenvalue weighted by Gasteiger charge is -2.34. The summed E-state index contributed by atoms with van der Waals surface area (Å²) in [7, 11) is 1.70. The fourth-order valence-electron chi connectivity index (χ4n) is 1.83. The number of rotatable bonds is 3. The van der Waals surface area contributed by atoms with Gasteiger partial charge in [0.25, 0.3) is 5.91 Å². The molecule has 1 amide bonds. The van der Waals surface area contributed by atoms with E-state index in [1.165, 1.54) is 0 Å². The van der Waals surface area contributed by atoms with Gasteiger partial charge < -0.3 is 10.1 Å². The maximum atomic E-state index is 12.0. The topological polar surface area (TPSA) is 38.3 Å². The molecule has 2 rings (SSSR count). The lowest BCUT2D eigenvalue weighted by atomic mass is 9.89. The fraction of sp³-hybridized carbons (Fsp3) is 0.417. The highest BCUT2D eigenvalue weighted by Gasteiger charge is 2.30. The summed E-state index contributed by atoms with van der Waals surface area (Å²) < 4.78 is 6.95. The van der Waals surface area contributed by atoms with Crippen LogP contribution >= 0.6 is 31.9 Å². The Morgan fingerprint density at radius 3 is 2.41 bits per heavy atom. The zero-order valence-corrected chi connectivity index (χ0v) is 12.5. The molecule has 1 N–H and O–H groups in total. The smallest absolute Gasteiger partial charge is 0.251 e. The van der Waals surface area contributed by atoms with Crippen molar-refractivity contribution in [3.63, 3.8) is 0 Å². The van der Waals surface area contributed by atoms with Gasteiger partial charge in [0, 0.05) is 27.7 Å². The van der Waals surface area contributed by atoms with Crippen LogP contribution in [0.3, 0.4) is 0 Å². The molecule has 0 saturated heterocycles. The Morgan fingerprint density at radius 1 is 1.29 bits per heavy atom. The SMILES string of the molecule is COC1CC(NC(=O)c2cc(Br)cc(Br)c2)C1. The minimum atomic E-state index is -0.0356. The zero-order chi connectivity index (χ0) is 12.4. The van der Waals surface area contributed by atoms with E-state index < -0.39 is 0 Å². The summed E-state index contributed by atoms with van der Waals surface area (Å²) in [6.45, 7) is 0. The van der Waals surface area contributed by atoms with E-state index in [-0.39, 0.29) is 11.9 Å². The Balaban J connectivity index is 1.96. The second kappa shape index (κ2) is 5.50. The number of carbonyl (C=O) groups is 1. The predicted octanol–water partition coefficient (Wildman–Crippen LogP) is 3.12. The van der Waals surface area contributed by atoms with Crippen molar-refractivity contribution in [2.45, 2.75) is 25.0 Å². The average Bonchev–Trinajstić information content (AvgIpc) is 2.21. The van der Waals surface area contributed by atoms with Gasteiger partial charge in [-0.15, -0.1) is 0 Å². The van der Waals surface area contributed by atoms with Gasteiger partial charge in [0.05, 0.1) is 6.10 Å². The molecular weight excluding hydrogens is 350 g/mol. The summed E-state index contributed by atoms with van der Waals surface area (Å²) in [5, 5.41) is 2.99. The first-order valence-corrected chi connectivity index (χ1v) is 6.97. The molecule has 1 aliphatic rings. The number of halogens is 2. The van der Waals surface area contributed by atoms with Gasteiger partial charge in [-0.25, -0.2) is 0 Å². The summed E-state index contributed by atoms with van der Waals surface area (Å²) in [5.41, 5.74) is 0.659. The molecule has 0 unspecified atom stereocenters. The number of methoxy groups -OCH3 is 1. The summed E-state index contributed by atoms with van der Waals surface area (Å²) in [4.78, 5) is 12.0.